The van der Waals surface area contributed by atoms with Crippen LogP contribution in [0.25, 0.3) is 10.9 Å². The Bertz CT molecular complexity index is 2460. The van der Waals surface area contributed by atoms with Crippen LogP contribution in [0.1, 0.15) is 126 Å². The predicted octanol–water partition coefficient (Wildman–Crippen LogP) is 14.1. The highest BCUT2D eigenvalue weighted by Gasteiger charge is 2.35. The summed E-state index contributed by atoms with van der Waals surface area (Å²) in [5.74, 6) is 8.85. The van der Waals surface area contributed by atoms with Crippen LogP contribution in [0.2, 0.25) is 0 Å². The molecular formula is C52H68Br3IN6O6. The van der Waals surface area contributed by atoms with Crippen LogP contribution < -0.4 is 11.5 Å². The number of aromatic nitrogens is 1. The molecule has 3 saturated heterocycles. The van der Waals surface area contributed by atoms with E-state index in [0.717, 1.165) is 89.9 Å². The van der Waals surface area contributed by atoms with Crippen molar-refractivity contribution in [1.29, 1.82) is 0 Å². The SMILES string of the molecule is C.C#CC1CCCN1C(=O)OC(C)(C)C.CC(C)(C)OC(=O)N1CCCC1C#Cc1cc(Br)ccc1N.CC(C)(C)OC(=O)N1CCCC1c1cc2cc(Br)ccc2[nH]1.Nc1ccc(Br)cc1I. The highest BCUT2D eigenvalue weighted by Crippen LogP contribution is 2.35. The van der Waals surface area contributed by atoms with Gasteiger partial charge in [0.15, 0.2) is 0 Å². The lowest BCUT2D eigenvalue weighted by atomic mass is 10.1. The number of nitrogens with zero attached hydrogens (tertiary/aromatic N) is 3. The molecule has 370 valence electrons. The number of carbonyl (C=O) groups excluding carboxylic acids is 3. The molecular weight excluding hydrogens is 1170 g/mol. The van der Waals surface area contributed by atoms with Crippen molar-refractivity contribution in [2.75, 3.05) is 31.1 Å². The number of carbonyl (C=O) groups is 3. The summed E-state index contributed by atoms with van der Waals surface area (Å²) < 4.78 is 20.4. The number of amides is 3. The fourth-order valence-corrected chi connectivity index (χ4v) is 9.21. The summed E-state index contributed by atoms with van der Waals surface area (Å²) in [6.45, 7) is 19.0. The van der Waals surface area contributed by atoms with Gasteiger partial charge in [0.25, 0.3) is 0 Å². The molecule has 0 spiro atoms. The van der Waals surface area contributed by atoms with Gasteiger partial charge in [-0.1, -0.05) is 73.0 Å². The van der Waals surface area contributed by atoms with E-state index in [1.165, 1.54) is 0 Å². The molecule has 1 aromatic heterocycles. The number of nitrogens with one attached hydrogen (secondary N) is 1. The number of terminal acetylenes is 1. The Morgan fingerprint density at radius 2 is 1.12 bits per heavy atom. The quantitative estimate of drug-likeness (QED) is 0.0736. The molecule has 3 aromatic carbocycles. The second-order valence-electron chi connectivity index (χ2n) is 19.3. The zero-order chi connectivity index (χ0) is 49.9. The van der Waals surface area contributed by atoms with E-state index in [9.17, 15) is 14.4 Å². The Morgan fingerprint density at radius 3 is 1.65 bits per heavy atom. The molecule has 0 radical (unpaired) electrons. The largest absolute Gasteiger partial charge is 0.444 e. The minimum atomic E-state index is -0.494. The molecule has 3 aliphatic heterocycles. The molecule has 16 heteroatoms. The van der Waals surface area contributed by atoms with Gasteiger partial charge in [0, 0.05) is 70.2 Å². The van der Waals surface area contributed by atoms with Crippen molar-refractivity contribution in [2.24, 2.45) is 0 Å². The Hall–Kier alpha value is -4.10. The van der Waals surface area contributed by atoms with Crippen molar-refractivity contribution < 1.29 is 28.6 Å². The predicted molar refractivity (Wildman–Crippen MR) is 295 cm³/mol. The number of anilines is 2. The van der Waals surface area contributed by atoms with E-state index in [1.807, 2.05) is 110 Å². The smallest absolute Gasteiger partial charge is 0.411 e. The first-order valence-electron chi connectivity index (χ1n) is 22.2. The molecule has 3 unspecified atom stereocenters. The molecule has 3 aliphatic rings. The van der Waals surface area contributed by atoms with E-state index in [-0.39, 0.29) is 43.8 Å². The second kappa shape index (κ2) is 25.7. The van der Waals surface area contributed by atoms with Gasteiger partial charge >= 0.3 is 18.3 Å². The highest BCUT2D eigenvalue weighted by atomic mass is 127. The average Bonchev–Trinajstić information content (AvgIpc) is 4.05. The van der Waals surface area contributed by atoms with Crippen LogP contribution in [0.3, 0.4) is 0 Å². The monoisotopic (exact) mass is 1240 g/mol. The number of halogens is 4. The Morgan fingerprint density at radius 1 is 0.662 bits per heavy atom. The fraction of sp³-hybridized carbons (Fsp3) is 0.481. The van der Waals surface area contributed by atoms with Gasteiger partial charge in [0.1, 0.15) is 16.8 Å². The van der Waals surface area contributed by atoms with Gasteiger partial charge in [-0.2, -0.15) is 0 Å². The van der Waals surface area contributed by atoms with Crippen LogP contribution in [0.15, 0.2) is 74.1 Å². The van der Waals surface area contributed by atoms with Crippen molar-refractivity contribution in [1.82, 2.24) is 19.7 Å². The molecule has 12 nitrogen and oxygen atoms in total. The first kappa shape index (κ1) is 58.2. The molecule has 68 heavy (non-hydrogen) atoms. The standard InChI is InChI=1S/2C17H21BrN2O2.C11H17NO2.C6H5BrIN.CH4/c1-17(2,3)22-16(21)20-8-4-5-15(20)14-10-11-9-12(18)6-7-13(11)19-14;1-17(2,3)22-16(21)20-10-4-5-14(20)8-6-12-11-13(18)7-9-15(12)19;1-5-9-7-6-8-12(9)10(13)14-11(2,3)4;7-4-1-2-6(9)5(8)3-4;/h6-7,9-10,15,19H,4-5,8H2,1-3H3;7,9,11,14H,4-5,10,19H2,1-3H3;1,9H,6-8H2,2-4H3;1-3H,9H2;1H4. The molecule has 0 saturated carbocycles. The molecule has 3 amide bonds. The summed E-state index contributed by atoms with van der Waals surface area (Å²) in [7, 11) is 0. The summed E-state index contributed by atoms with van der Waals surface area (Å²) in [6, 6.07) is 19.5. The Labute approximate surface area is 443 Å². The third-order valence-electron chi connectivity index (χ3n) is 10.1. The van der Waals surface area contributed by atoms with Gasteiger partial charge in [0.05, 0.1) is 18.1 Å². The van der Waals surface area contributed by atoms with Crippen molar-refractivity contribution >= 4 is 111 Å². The maximum Gasteiger partial charge on any atom is 0.411 e. The second-order valence-corrected chi connectivity index (χ2v) is 23.2. The van der Waals surface area contributed by atoms with Crippen molar-refractivity contribution in [3.05, 3.63) is 88.9 Å². The Balaban J connectivity index is 0.000000251. The normalized spacial score (nSPS) is 17.6. The Kier molecular flexibility index (Phi) is 22.0. The maximum atomic E-state index is 12.4. The molecule has 0 bridgehead atoms. The number of hydrogen-bond donors (Lipinski definition) is 3. The lowest BCUT2D eigenvalue weighted by Crippen LogP contribution is -2.39. The first-order valence-corrected chi connectivity index (χ1v) is 25.7. The van der Waals surface area contributed by atoms with Crippen LogP contribution >= 0.6 is 70.4 Å². The number of aromatic amines is 1. The van der Waals surface area contributed by atoms with E-state index in [1.54, 1.807) is 9.80 Å². The summed E-state index contributed by atoms with van der Waals surface area (Å²) in [5, 5.41) is 1.15. The number of likely N-dealkylation sites (tertiary alicyclic amines) is 3. The molecule has 3 fully saturated rings. The number of hydrogen-bond acceptors (Lipinski definition) is 8. The number of nitrogens with two attached hydrogens (primary N) is 2. The number of ether oxygens (including phenoxy) is 3. The van der Waals surface area contributed by atoms with Crippen LogP contribution in [0.4, 0.5) is 25.8 Å². The summed E-state index contributed by atoms with van der Waals surface area (Å²) in [4.78, 5) is 44.9. The lowest BCUT2D eigenvalue weighted by molar-refractivity contribution is 0.0217. The third-order valence-corrected chi connectivity index (χ3v) is 12.6. The first-order chi connectivity index (χ1) is 31.2. The van der Waals surface area contributed by atoms with Gasteiger partial charge in [-0.05, 0) is 184 Å². The van der Waals surface area contributed by atoms with E-state index >= 15 is 0 Å². The van der Waals surface area contributed by atoms with Gasteiger partial charge in [-0.15, -0.1) is 6.42 Å². The molecule has 7 rings (SSSR count). The summed E-state index contributed by atoms with van der Waals surface area (Å²) >= 11 is 12.4. The summed E-state index contributed by atoms with van der Waals surface area (Å²) in [6.07, 6.45) is 10.1. The highest BCUT2D eigenvalue weighted by molar-refractivity contribution is 14.1. The number of fused-ring (bicyclic) bond motifs is 1. The number of benzene rings is 3. The zero-order valence-corrected chi connectivity index (χ0v) is 46.8. The zero-order valence-electron chi connectivity index (χ0n) is 39.9. The van der Waals surface area contributed by atoms with Crippen LogP contribution in [0.5, 0.6) is 0 Å². The molecule has 3 atom stereocenters. The van der Waals surface area contributed by atoms with Crippen molar-refractivity contribution in [3.63, 3.8) is 0 Å². The van der Waals surface area contributed by atoms with Crippen LogP contribution in [-0.2, 0) is 14.2 Å². The fourth-order valence-electron chi connectivity index (χ4n) is 7.17. The topological polar surface area (TPSA) is 156 Å². The minimum Gasteiger partial charge on any atom is -0.444 e. The van der Waals surface area contributed by atoms with Gasteiger partial charge in [0.2, 0.25) is 0 Å². The van der Waals surface area contributed by atoms with Gasteiger partial charge in [-0.25, -0.2) is 14.4 Å². The lowest BCUT2D eigenvalue weighted by Gasteiger charge is -2.28. The molecule has 4 heterocycles. The van der Waals surface area contributed by atoms with E-state index < -0.39 is 16.8 Å². The van der Waals surface area contributed by atoms with Gasteiger partial charge < -0.3 is 30.7 Å². The van der Waals surface area contributed by atoms with E-state index in [2.05, 4.69) is 111 Å². The molecule has 5 N–H and O–H groups in total. The van der Waals surface area contributed by atoms with Crippen molar-refractivity contribution in [2.45, 2.75) is 143 Å². The van der Waals surface area contributed by atoms with E-state index in [4.69, 9.17) is 32.1 Å². The number of H-pyrrole nitrogens is 1. The van der Waals surface area contributed by atoms with Gasteiger partial charge in [-0.3, -0.25) is 14.7 Å². The number of nitrogen functional groups attached to an aromatic ring is 2. The van der Waals surface area contributed by atoms with Crippen molar-refractivity contribution in [3.8, 4) is 24.2 Å². The third kappa shape index (κ3) is 18.7. The maximum absolute atomic E-state index is 12.4. The summed E-state index contributed by atoms with van der Waals surface area (Å²) in [5.41, 5.74) is 14.5. The van der Waals surface area contributed by atoms with Crippen LogP contribution in [0, 0.1) is 27.8 Å². The molecule has 4 aromatic rings. The average molecular weight is 1240 g/mol. The van der Waals surface area contributed by atoms with Crippen LogP contribution in [-0.4, -0.2) is 86.5 Å². The number of rotatable bonds is 1. The van der Waals surface area contributed by atoms with E-state index in [0.29, 0.717) is 18.8 Å². The minimum absolute atomic E-state index is 0. The molecule has 0 aliphatic carbocycles.